The predicted molar refractivity (Wildman–Crippen MR) is 62.1 cm³/mol. The fraction of sp³-hybridized carbons (Fsp3) is 0.333. The van der Waals surface area contributed by atoms with E-state index in [2.05, 4.69) is 22.6 Å². The van der Waals surface area contributed by atoms with Crippen molar-refractivity contribution in [3.63, 3.8) is 0 Å². The van der Waals surface area contributed by atoms with Gasteiger partial charge >= 0.3 is 0 Å². The van der Waals surface area contributed by atoms with E-state index in [0.29, 0.717) is 9.32 Å². The van der Waals surface area contributed by atoms with Crippen LogP contribution in [-0.2, 0) is 9.84 Å². The van der Waals surface area contributed by atoms with Crippen molar-refractivity contribution in [2.24, 2.45) is 0 Å². The highest BCUT2D eigenvalue weighted by atomic mass is 127. The summed E-state index contributed by atoms with van der Waals surface area (Å²) in [4.78, 5) is 0.426. The van der Waals surface area contributed by atoms with Crippen LogP contribution in [0.25, 0.3) is 0 Å². The number of benzene rings is 1. The molecule has 1 aromatic carbocycles. The van der Waals surface area contributed by atoms with Gasteiger partial charge in [-0.1, -0.05) is 40.3 Å². The zero-order valence-electron chi connectivity index (χ0n) is 7.33. The summed E-state index contributed by atoms with van der Waals surface area (Å²) in [5, 5.41) is 0. The maximum absolute atomic E-state index is 11.5. The second kappa shape index (κ2) is 4.41. The lowest BCUT2D eigenvalue weighted by molar-refractivity contribution is 0.598. The van der Waals surface area contributed by atoms with Crippen LogP contribution in [0.15, 0.2) is 29.2 Å². The molecule has 0 unspecified atom stereocenters. The third-order valence-electron chi connectivity index (χ3n) is 1.73. The number of alkyl halides is 1. The van der Waals surface area contributed by atoms with Crippen molar-refractivity contribution in [3.05, 3.63) is 29.8 Å². The fourth-order valence-corrected chi connectivity index (χ4v) is 3.69. The molecule has 0 bridgehead atoms. The molecule has 2 nitrogen and oxygen atoms in total. The summed E-state index contributed by atoms with van der Waals surface area (Å²) >= 11 is 2.07. The van der Waals surface area contributed by atoms with Crippen LogP contribution < -0.4 is 0 Å². The lowest BCUT2D eigenvalue weighted by Gasteiger charge is -2.01. The summed E-state index contributed by atoms with van der Waals surface area (Å²) in [5.74, 6) is 0.219. The molecule has 1 aromatic rings. The van der Waals surface area contributed by atoms with Crippen molar-refractivity contribution in [1.29, 1.82) is 0 Å². The topological polar surface area (TPSA) is 34.1 Å². The van der Waals surface area contributed by atoms with Gasteiger partial charge in [0, 0.05) is 4.43 Å². The van der Waals surface area contributed by atoms with Gasteiger partial charge in [0.1, 0.15) is 0 Å². The van der Waals surface area contributed by atoms with Crippen LogP contribution in [0.5, 0.6) is 0 Å². The van der Waals surface area contributed by atoms with E-state index >= 15 is 0 Å². The molecule has 0 amide bonds. The highest BCUT2D eigenvalue weighted by Gasteiger charge is 2.11. The molecule has 0 fully saturated rings. The van der Waals surface area contributed by atoms with E-state index < -0.39 is 9.84 Å². The van der Waals surface area contributed by atoms with Gasteiger partial charge in [-0.3, -0.25) is 0 Å². The number of rotatable bonds is 3. The van der Waals surface area contributed by atoms with Gasteiger partial charge < -0.3 is 0 Å². The molecule has 0 aromatic heterocycles. The molecule has 13 heavy (non-hydrogen) atoms. The van der Waals surface area contributed by atoms with E-state index in [1.807, 2.05) is 19.1 Å². The van der Waals surface area contributed by atoms with Crippen molar-refractivity contribution in [2.75, 3.05) is 10.2 Å². The van der Waals surface area contributed by atoms with Gasteiger partial charge in [0.2, 0.25) is 0 Å². The van der Waals surface area contributed by atoms with Crippen LogP contribution in [0.2, 0.25) is 0 Å². The van der Waals surface area contributed by atoms with Gasteiger partial charge in [-0.25, -0.2) is 8.42 Å². The third kappa shape index (κ3) is 2.95. The summed E-state index contributed by atoms with van der Waals surface area (Å²) in [5.41, 5.74) is 1.08. The Morgan fingerprint density at radius 3 is 2.23 bits per heavy atom. The van der Waals surface area contributed by atoms with Gasteiger partial charge in [-0.2, -0.15) is 0 Å². The lowest BCUT2D eigenvalue weighted by atomic mass is 10.2. The quantitative estimate of drug-likeness (QED) is 0.633. The van der Waals surface area contributed by atoms with Gasteiger partial charge in [0.15, 0.2) is 9.84 Å². The summed E-state index contributed by atoms with van der Waals surface area (Å²) in [6.45, 7) is 1.94. The fourth-order valence-electron chi connectivity index (χ4n) is 0.965. The highest BCUT2D eigenvalue weighted by Crippen LogP contribution is 2.12. The number of hydrogen-bond donors (Lipinski definition) is 0. The van der Waals surface area contributed by atoms with Crippen molar-refractivity contribution in [1.82, 2.24) is 0 Å². The SMILES string of the molecule is Cc1ccc(S(=O)(=O)CCI)cc1. The normalized spacial score (nSPS) is 11.5. The van der Waals surface area contributed by atoms with Crippen molar-refractivity contribution in [2.45, 2.75) is 11.8 Å². The van der Waals surface area contributed by atoms with E-state index in [9.17, 15) is 8.42 Å². The molecule has 0 spiro atoms. The Kier molecular flexibility index (Phi) is 3.73. The zero-order valence-corrected chi connectivity index (χ0v) is 10.3. The standard InChI is InChI=1S/C9H11IO2S/c1-8-2-4-9(5-3-8)13(11,12)7-6-10/h2-5H,6-7H2,1H3. The Morgan fingerprint density at radius 1 is 1.23 bits per heavy atom. The van der Waals surface area contributed by atoms with Crippen LogP contribution in [0.4, 0.5) is 0 Å². The molecular weight excluding hydrogens is 299 g/mol. The van der Waals surface area contributed by atoms with E-state index in [1.165, 1.54) is 0 Å². The van der Waals surface area contributed by atoms with Crippen molar-refractivity contribution < 1.29 is 8.42 Å². The molecule has 72 valence electrons. The molecule has 0 N–H and O–H groups in total. The van der Waals surface area contributed by atoms with Crippen LogP contribution >= 0.6 is 22.6 Å². The summed E-state index contributed by atoms with van der Waals surface area (Å²) in [7, 11) is -3.03. The molecule has 1 rings (SSSR count). The number of sulfone groups is 1. The van der Waals surface area contributed by atoms with Crippen molar-refractivity contribution >= 4 is 32.4 Å². The van der Waals surface area contributed by atoms with E-state index in [-0.39, 0.29) is 5.75 Å². The highest BCUT2D eigenvalue weighted by molar-refractivity contribution is 14.1. The molecule has 0 aliphatic heterocycles. The second-order valence-corrected chi connectivity index (χ2v) is 6.01. The van der Waals surface area contributed by atoms with Gasteiger partial charge in [-0.05, 0) is 19.1 Å². The Labute approximate surface area is 92.4 Å². The Balaban J connectivity index is 3.02. The van der Waals surface area contributed by atoms with Crippen LogP contribution in [-0.4, -0.2) is 18.6 Å². The molecule has 0 atom stereocenters. The summed E-state index contributed by atoms with van der Waals surface area (Å²) < 4.78 is 23.7. The average Bonchev–Trinajstić information content (AvgIpc) is 2.05. The largest absolute Gasteiger partial charge is 0.224 e. The number of aryl methyl sites for hydroxylation is 1. The first kappa shape index (κ1) is 11.0. The molecule has 0 saturated carbocycles. The van der Waals surface area contributed by atoms with E-state index in [0.717, 1.165) is 5.56 Å². The van der Waals surface area contributed by atoms with Crippen LogP contribution in [0.1, 0.15) is 5.56 Å². The summed E-state index contributed by atoms with van der Waals surface area (Å²) in [6, 6.07) is 6.97. The molecule has 0 saturated heterocycles. The van der Waals surface area contributed by atoms with E-state index in [1.54, 1.807) is 12.1 Å². The maximum atomic E-state index is 11.5. The monoisotopic (exact) mass is 310 g/mol. The van der Waals surface area contributed by atoms with Crippen molar-refractivity contribution in [3.8, 4) is 0 Å². The zero-order chi connectivity index (χ0) is 9.90. The number of hydrogen-bond acceptors (Lipinski definition) is 2. The maximum Gasteiger partial charge on any atom is 0.179 e. The molecule has 0 aliphatic rings. The molecule has 4 heteroatoms. The Morgan fingerprint density at radius 2 is 1.77 bits per heavy atom. The van der Waals surface area contributed by atoms with Crippen LogP contribution in [0.3, 0.4) is 0 Å². The minimum absolute atomic E-state index is 0.219. The minimum atomic E-state index is -3.03. The van der Waals surface area contributed by atoms with Crippen LogP contribution in [0, 0.1) is 6.92 Å². The van der Waals surface area contributed by atoms with Gasteiger partial charge in [-0.15, -0.1) is 0 Å². The first-order chi connectivity index (χ1) is 6.06. The van der Waals surface area contributed by atoms with Gasteiger partial charge in [0.25, 0.3) is 0 Å². The molecule has 0 radical (unpaired) electrons. The average molecular weight is 310 g/mol. The van der Waals surface area contributed by atoms with Gasteiger partial charge in [0.05, 0.1) is 10.6 Å². The Hall–Kier alpha value is -0.100. The summed E-state index contributed by atoms with van der Waals surface area (Å²) in [6.07, 6.45) is 0. The third-order valence-corrected chi connectivity index (χ3v) is 4.73. The molecule has 0 heterocycles. The molecular formula is C9H11IO2S. The first-order valence-electron chi connectivity index (χ1n) is 3.91. The predicted octanol–water partition coefficient (Wildman–Crippen LogP) is 2.20. The lowest BCUT2D eigenvalue weighted by Crippen LogP contribution is -2.07. The van der Waals surface area contributed by atoms with E-state index in [4.69, 9.17) is 0 Å². The first-order valence-corrected chi connectivity index (χ1v) is 7.09. The molecule has 0 aliphatic carbocycles. The minimum Gasteiger partial charge on any atom is -0.224 e. The smallest absolute Gasteiger partial charge is 0.179 e. The number of halogens is 1. The Bertz CT molecular complexity index is 367. The second-order valence-electron chi connectivity index (χ2n) is 2.82.